The van der Waals surface area contributed by atoms with E-state index in [9.17, 15) is 54.1 Å². The van der Waals surface area contributed by atoms with Crippen LogP contribution in [0.25, 0.3) is 0 Å². The van der Waals surface area contributed by atoms with Crippen LogP contribution in [0.3, 0.4) is 0 Å². The molecule has 13 heteroatoms. The summed E-state index contributed by atoms with van der Waals surface area (Å²) in [7, 11) is 0. The van der Waals surface area contributed by atoms with Crippen LogP contribution in [0.2, 0.25) is 0 Å². The van der Waals surface area contributed by atoms with E-state index in [1.54, 1.807) is 22.3 Å². The molecule has 244 valence electrons. The molecule has 0 radical (unpaired) electrons. The van der Waals surface area contributed by atoms with Crippen molar-refractivity contribution < 1.29 is 77.4 Å². The molecule has 0 aromatic heterocycles. The average Bonchev–Trinajstić information content (AvgIpc) is 3.57. The van der Waals surface area contributed by atoms with Crippen molar-refractivity contribution in [2.45, 2.75) is 79.1 Å². The molecule has 0 aliphatic heterocycles. The van der Waals surface area contributed by atoms with Gasteiger partial charge in [-0.05, 0) is 11.5 Å². The van der Waals surface area contributed by atoms with Gasteiger partial charge < -0.3 is 10.2 Å². The number of hydrogen-bond acceptors (Lipinski definition) is 2. The first-order valence-corrected chi connectivity index (χ1v) is 16.5. The van der Waals surface area contributed by atoms with Crippen LogP contribution in [0.4, 0.5) is 43.9 Å². The summed E-state index contributed by atoms with van der Waals surface area (Å²) in [5, 5.41) is 20.3. The third-order valence-electron chi connectivity index (χ3n) is 7.21. The Kier molecular flexibility index (Phi) is 14.7. The third-order valence-corrected chi connectivity index (χ3v) is 11.5. The summed E-state index contributed by atoms with van der Waals surface area (Å²) in [5.41, 5.74) is 6.70. The second-order valence-electron chi connectivity index (χ2n) is 10.2. The molecule has 2 aromatic rings. The predicted molar refractivity (Wildman–Crippen MR) is 141 cm³/mol. The zero-order valence-electron chi connectivity index (χ0n) is 24.9. The monoisotopic (exact) mass is 726 g/mol. The molecule has 0 amide bonds. The molecule has 45 heavy (non-hydrogen) atoms. The SMILES string of the molecule is CCCCC1=CC[C]([Zr+2][C]2=C(C)C(CCCC)=CC2)=C1C.[O-]c1c(F)c(F)c(F)c(F)c1F.[O-]c1c(F)c(F)c(F)c(F)c1F. The van der Waals surface area contributed by atoms with Gasteiger partial charge in [0.1, 0.15) is 0 Å². The van der Waals surface area contributed by atoms with E-state index < -0.39 is 92.9 Å². The van der Waals surface area contributed by atoms with Gasteiger partial charge in [-0.2, -0.15) is 0 Å². The van der Waals surface area contributed by atoms with Crippen molar-refractivity contribution >= 4 is 0 Å². The summed E-state index contributed by atoms with van der Waals surface area (Å²) in [6.45, 7) is 9.37. The molecular formula is C32H30F10O2Zr. The van der Waals surface area contributed by atoms with Crippen LogP contribution in [0.15, 0.2) is 41.0 Å². The molecule has 0 fully saturated rings. The van der Waals surface area contributed by atoms with E-state index in [4.69, 9.17) is 0 Å². The Morgan fingerprint density at radius 1 is 0.511 bits per heavy atom. The molecule has 0 spiro atoms. The van der Waals surface area contributed by atoms with Gasteiger partial charge in [0, 0.05) is 0 Å². The summed E-state index contributed by atoms with van der Waals surface area (Å²) in [6, 6.07) is 0. The number of rotatable bonds is 8. The van der Waals surface area contributed by atoms with Gasteiger partial charge in [0.05, 0.1) is 0 Å². The first-order chi connectivity index (χ1) is 21.1. The van der Waals surface area contributed by atoms with Gasteiger partial charge in [0.15, 0.2) is 58.2 Å². The van der Waals surface area contributed by atoms with Crippen molar-refractivity contribution in [3.63, 3.8) is 0 Å². The first-order valence-electron chi connectivity index (χ1n) is 14.0. The second kappa shape index (κ2) is 17.2. The fourth-order valence-corrected chi connectivity index (χ4v) is 8.02. The summed E-state index contributed by atoms with van der Waals surface area (Å²) in [6.07, 6.45) is 15.6. The zero-order chi connectivity index (χ0) is 34.2. The van der Waals surface area contributed by atoms with Crippen molar-refractivity contribution in [1.29, 1.82) is 0 Å². The number of allylic oxidation sites excluding steroid dienone is 8. The molecule has 2 aliphatic carbocycles. The molecule has 0 N–H and O–H groups in total. The second-order valence-corrected chi connectivity index (χ2v) is 13.8. The summed E-state index contributed by atoms with van der Waals surface area (Å²) in [4.78, 5) is 0. The van der Waals surface area contributed by atoms with Gasteiger partial charge in [-0.1, -0.05) is 0 Å². The molecule has 0 unspecified atom stereocenters. The molecule has 2 aromatic carbocycles. The fourth-order valence-electron chi connectivity index (χ4n) is 4.41. The van der Waals surface area contributed by atoms with E-state index in [1.165, 1.54) is 51.4 Å². The number of hydrogen-bond donors (Lipinski definition) is 0. The van der Waals surface area contributed by atoms with Crippen molar-refractivity contribution in [1.82, 2.24) is 0 Å². The van der Waals surface area contributed by atoms with E-state index in [-0.39, 0.29) is 0 Å². The van der Waals surface area contributed by atoms with Gasteiger partial charge in [0.25, 0.3) is 0 Å². The predicted octanol–water partition coefficient (Wildman–Crippen LogP) is 9.57. The minimum Gasteiger partial charge on any atom is -0.868 e. The van der Waals surface area contributed by atoms with Crippen LogP contribution in [0.5, 0.6) is 11.5 Å². The maximum absolute atomic E-state index is 12.1. The molecule has 0 saturated carbocycles. The van der Waals surface area contributed by atoms with Gasteiger partial charge in [0.2, 0.25) is 0 Å². The van der Waals surface area contributed by atoms with Gasteiger partial charge in [-0.25, -0.2) is 43.9 Å². The minimum atomic E-state index is -2.33. The fraction of sp³-hybridized carbons (Fsp3) is 0.375. The number of halogens is 10. The van der Waals surface area contributed by atoms with Gasteiger partial charge >= 0.3 is 143 Å². The number of benzene rings is 2. The number of unbranched alkanes of at least 4 members (excludes halogenated alkanes) is 2. The largest absolute Gasteiger partial charge is 0.868 e. The molecule has 0 heterocycles. The van der Waals surface area contributed by atoms with Gasteiger partial charge in [-0.15, -0.1) is 0 Å². The first kappa shape index (κ1) is 38.4. The average molecular weight is 728 g/mol. The van der Waals surface area contributed by atoms with E-state index >= 15 is 0 Å². The van der Waals surface area contributed by atoms with Crippen LogP contribution in [-0.4, -0.2) is 0 Å². The van der Waals surface area contributed by atoms with Crippen LogP contribution < -0.4 is 10.2 Å². The van der Waals surface area contributed by atoms with Crippen LogP contribution >= 0.6 is 0 Å². The summed E-state index contributed by atoms with van der Waals surface area (Å²) < 4.78 is 125. The Hall–Kier alpha value is -2.82. The maximum Gasteiger partial charge on any atom is 0.200 e. The normalized spacial score (nSPS) is 14.1. The molecule has 2 aliphatic rings. The minimum absolute atomic E-state index is 0.500. The Bertz CT molecular complexity index is 1220. The van der Waals surface area contributed by atoms with Crippen LogP contribution in [-0.2, 0) is 23.2 Å². The van der Waals surface area contributed by atoms with E-state index in [0.29, 0.717) is 0 Å². The van der Waals surface area contributed by atoms with Crippen molar-refractivity contribution in [3.05, 3.63) is 99.2 Å². The van der Waals surface area contributed by atoms with Crippen LogP contribution in [0, 0.1) is 58.2 Å². The molecular weight excluding hydrogens is 698 g/mol. The van der Waals surface area contributed by atoms with Crippen molar-refractivity contribution in [2.75, 3.05) is 0 Å². The van der Waals surface area contributed by atoms with Gasteiger partial charge in [-0.3, -0.25) is 0 Å². The Labute approximate surface area is 266 Å². The quantitative estimate of drug-likeness (QED) is 0.155. The Balaban J connectivity index is 0.000000252. The topological polar surface area (TPSA) is 46.1 Å². The smallest absolute Gasteiger partial charge is 0.200 e. The Morgan fingerprint density at radius 3 is 1.04 bits per heavy atom. The molecule has 0 saturated heterocycles. The van der Waals surface area contributed by atoms with Crippen LogP contribution in [0.1, 0.15) is 79.1 Å². The zero-order valence-corrected chi connectivity index (χ0v) is 27.4. The molecule has 2 nitrogen and oxygen atoms in total. The molecule has 0 atom stereocenters. The van der Waals surface area contributed by atoms with Crippen molar-refractivity contribution in [3.8, 4) is 11.5 Å². The third kappa shape index (κ3) is 9.14. The van der Waals surface area contributed by atoms with E-state index in [1.807, 2.05) is 6.56 Å². The molecule has 4 rings (SSSR count). The summed E-state index contributed by atoms with van der Waals surface area (Å²) in [5.74, 6) is -27.2. The maximum atomic E-state index is 12.1. The standard InChI is InChI=1S/2C10H15.2C6HF5O.Zr/c2*1-3-4-7-10-8-5-6-9(10)2;2*7-1-2(8)4(10)6(12)5(11)3(1)9;/h2*8H,3-5,7H2,1-2H3;2*12H;/q;;;;+2/p-2. The van der Waals surface area contributed by atoms with Crippen molar-refractivity contribution in [2.24, 2.45) is 0 Å². The molecule has 0 bridgehead atoms. The van der Waals surface area contributed by atoms with E-state index in [2.05, 4.69) is 39.8 Å². The van der Waals surface area contributed by atoms with E-state index in [0.717, 1.165) is 0 Å². The Morgan fingerprint density at radius 2 is 0.778 bits per heavy atom. The summed E-state index contributed by atoms with van der Waals surface area (Å²) >= 11 is -0.500.